The molecule has 2 rings (SSSR count). The number of halogens is 1. The third kappa shape index (κ3) is 3.47. The van der Waals surface area contributed by atoms with Crippen LogP contribution < -0.4 is 5.73 Å². The Labute approximate surface area is 124 Å². The number of benzene rings is 2. The van der Waals surface area contributed by atoms with Crippen LogP contribution in [0.1, 0.15) is 18.1 Å². The summed E-state index contributed by atoms with van der Waals surface area (Å²) in [6, 6.07) is 15.4. The van der Waals surface area contributed by atoms with Gasteiger partial charge in [-0.25, -0.2) is 4.39 Å². The predicted octanol–water partition coefficient (Wildman–Crippen LogP) is 2.66. The smallest absolute Gasteiger partial charge is 0.247 e. The number of hydrogen-bond acceptors (Lipinski definition) is 2. The maximum atomic E-state index is 13.2. The second kappa shape index (κ2) is 6.06. The molecule has 4 heteroatoms. The van der Waals surface area contributed by atoms with Gasteiger partial charge in [-0.15, -0.1) is 0 Å². The zero-order valence-electron chi connectivity index (χ0n) is 12.2. The Bertz CT molecular complexity index is 626. The Morgan fingerprint density at radius 1 is 1.19 bits per heavy atom. The van der Waals surface area contributed by atoms with Crippen molar-refractivity contribution >= 4 is 5.91 Å². The van der Waals surface area contributed by atoms with E-state index >= 15 is 0 Å². The molecule has 0 radical (unpaired) electrons. The lowest BCUT2D eigenvalue weighted by atomic mass is 9.91. The Kier molecular flexibility index (Phi) is 4.38. The Morgan fingerprint density at radius 2 is 1.86 bits per heavy atom. The van der Waals surface area contributed by atoms with E-state index in [1.165, 1.54) is 17.0 Å². The van der Waals surface area contributed by atoms with Gasteiger partial charge in [-0.3, -0.25) is 4.79 Å². The first-order valence-electron chi connectivity index (χ1n) is 6.75. The van der Waals surface area contributed by atoms with Crippen molar-refractivity contribution in [1.29, 1.82) is 0 Å². The van der Waals surface area contributed by atoms with E-state index in [0.29, 0.717) is 6.54 Å². The van der Waals surface area contributed by atoms with Crippen LogP contribution in [0.3, 0.4) is 0 Å². The average molecular weight is 286 g/mol. The number of nitrogens with zero attached hydrogens (tertiary/aromatic N) is 1. The number of carbonyl (C=O) groups excluding carboxylic acids is 1. The Morgan fingerprint density at radius 3 is 2.48 bits per heavy atom. The predicted molar refractivity (Wildman–Crippen MR) is 80.9 cm³/mol. The number of carbonyl (C=O) groups is 1. The summed E-state index contributed by atoms with van der Waals surface area (Å²) in [6.07, 6.45) is 0. The molecule has 0 spiro atoms. The van der Waals surface area contributed by atoms with Crippen molar-refractivity contribution in [1.82, 2.24) is 4.90 Å². The minimum absolute atomic E-state index is 0.210. The third-order valence-corrected chi connectivity index (χ3v) is 3.47. The van der Waals surface area contributed by atoms with Crippen LogP contribution in [-0.4, -0.2) is 17.9 Å². The van der Waals surface area contributed by atoms with Gasteiger partial charge in [-0.2, -0.15) is 0 Å². The van der Waals surface area contributed by atoms with Crippen molar-refractivity contribution in [3.05, 3.63) is 71.5 Å². The molecule has 0 saturated carbocycles. The lowest BCUT2D eigenvalue weighted by molar-refractivity contribution is -0.136. The lowest BCUT2D eigenvalue weighted by Gasteiger charge is -2.29. The monoisotopic (exact) mass is 286 g/mol. The van der Waals surface area contributed by atoms with Gasteiger partial charge < -0.3 is 10.6 Å². The molecule has 2 N–H and O–H groups in total. The topological polar surface area (TPSA) is 46.3 Å². The van der Waals surface area contributed by atoms with Gasteiger partial charge in [0.05, 0.1) is 0 Å². The molecule has 110 valence electrons. The summed E-state index contributed by atoms with van der Waals surface area (Å²) in [7, 11) is 1.67. The van der Waals surface area contributed by atoms with Crippen molar-refractivity contribution in [3.8, 4) is 0 Å². The molecule has 0 aliphatic carbocycles. The highest BCUT2D eigenvalue weighted by Gasteiger charge is 2.32. The van der Waals surface area contributed by atoms with Crippen molar-refractivity contribution in [3.63, 3.8) is 0 Å². The van der Waals surface area contributed by atoms with Gasteiger partial charge >= 0.3 is 0 Å². The maximum absolute atomic E-state index is 13.2. The highest BCUT2D eigenvalue weighted by molar-refractivity contribution is 5.86. The largest absolute Gasteiger partial charge is 0.340 e. The molecular weight excluding hydrogens is 267 g/mol. The maximum Gasteiger partial charge on any atom is 0.247 e. The van der Waals surface area contributed by atoms with Crippen molar-refractivity contribution in [2.75, 3.05) is 7.05 Å². The average Bonchev–Trinajstić information content (AvgIpc) is 2.47. The van der Waals surface area contributed by atoms with Gasteiger partial charge in [-0.05, 0) is 30.2 Å². The van der Waals surface area contributed by atoms with Gasteiger partial charge in [0, 0.05) is 13.6 Å². The molecule has 1 unspecified atom stereocenters. The fourth-order valence-electron chi connectivity index (χ4n) is 2.29. The molecule has 1 atom stereocenters. The van der Waals surface area contributed by atoms with Crippen LogP contribution in [0.2, 0.25) is 0 Å². The van der Waals surface area contributed by atoms with Crippen LogP contribution in [0.5, 0.6) is 0 Å². The molecule has 2 aromatic rings. The highest BCUT2D eigenvalue weighted by atomic mass is 19.1. The molecule has 0 saturated heterocycles. The SMILES string of the molecule is CN(Cc1cccc(F)c1)C(=O)C(C)(N)c1ccccc1. The van der Waals surface area contributed by atoms with E-state index in [1.807, 2.05) is 30.3 Å². The summed E-state index contributed by atoms with van der Waals surface area (Å²) in [5.74, 6) is -0.523. The molecule has 1 amide bonds. The van der Waals surface area contributed by atoms with Crippen LogP contribution in [0.4, 0.5) is 4.39 Å². The van der Waals surface area contributed by atoms with E-state index in [9.17, 15) is 9.18 Å². The molecule has 2 aromatic carbocycles. The molecule has 0 aliphatic rings. The fourth-order valence-corrected chi connectivity index (χ4v) is 2.29. The first-order valence-corrected chi connectivity index (χ1v) is 6.75. The molecule has 0 fully saturated rings. The minimum Gasteiger partial charge on any atom is -0.340 e. The van der Waals surface area contributed by atoms with Crippen LogP contribution in [-0.2, 0) is 16.9 Å². The summed E-state index contributed by atoms with van der Waals surface area (Å²) in [4.78, 5) is 14.1. The van der Waals surface area contributed by atoms with E-state index in [0.717, 1.165) is 11.1 Å². The van der Waals surface area contributed by atoms with Crippen LogP contribution in [0.15, 0.2) is 54.6 Å². The van der Waals surface area contributed by atoms with E-state index < -0.39 is 5.54 Å². The van der Waals surface area contributed by atoms with Gasteiger partial charge in [0.1, 0.15) is 11.4 Å². The summed E-state index contributed by atoms with van der Waals surface area (Å²) >= 11 is 0. The second-order valence-electron chi connectivity index (χ2n) is 5.36. The first kappa shape index (κ1) is 15.2. The zero-order chi connectivity index (χ0) is 15.5. The molecule has 3 nitrogen and oxygen atoms in total. The van der Waals surface area contributed by atoms with Gasteiger partial charge in [-0.1, -0.05) is 42.5 Å². The highest BCUT2D eigenvalue weighted by Crippen LogP contribution is 2.20. The number of nitrogens with two attached hydrogens (primary N) is 1. The van der Waals surface area contributed by atoms with Gasteiger partial charge in [0.25, 0.3) is 0 Å². The number of rotatable bonds is 4. The van der Waals surface area contributed by atoms with Crippen molar-refractivity contribution in [2.24, 2.45) is 5.73 Å². The fraction of sp³-hybridized carbons (Fsp3) is 0.235. The molecule has 0 heterocycles. The Hall–Kier alpha value is -2.20. The number of amides is 1. The molecule has 0 bridgehead atoms. The van der Waals surface area contributed by atoms with Crippen LogP contribution in [0, 0.1) is 5.82 Å². The minimum atomic E-state index is -1.11. The van der Waals surface area contributed by atoms with E-state index in [2.05, 4.69) is 0 Å². The van der Waals surface area contributed by atoms with E-state index in [4.69, 9.17) is 5.73 Å². The summed E-state index contributed by atoms with van der Waals surface area (Å²) in [5.41, 5.74) is 6.58. The van der Waals surface area contributed by atoms with Gasteiger partial charge in [0.2, 0.25) is 5.91 Å². The van der Waals surface area contributed by atoms with Crippen molar-refractivity contribution in [2.45, 2.75) is 19.0 Å². The summed E-state index contributed by atoms with van der Waals surface area (Å²) < 4.78 is 13.2. The quantitative estimate of drug-likeness (QED) is 0.939. The zero-order valence-corrected chi connectivity index (χ0v) is 12.2. The lowest BCUT2D eigenvalue weighted by Crippen LogP contribution is -2.49. The molecule has 0 aliphatic heterocycles. The molecule has 0 aromatic heterocycles. The van der Waals surface area contributed by atoms with Crippen LogP contribution in [0.25, 0.3) is 0 Å². The standard InChI is InChI=1S/C17H19FN2O/c1-17(19,14-8-4-3-5-9-14)16(21)20(2)12-13-7-6-10-15(18)11-13/h3-11H,12,19H2,1-2H3. The van der Waals surface area contributed by atoms with E-state index in [1.54, 1.807) is 26.1 Å². The second-order valence-corrected chi connectivity index (χ2v) is 5.36. The molecular formula is C17H19FN2O. The number of likely N-dealkylation sites (N-methyl/N-ethyl adjacent to an activating group) is 1. The third-order valence-electron chi connectivity index (χ3n) is 3.47. The first-order chi connectivity index (χ1) is 9.91. The normalized spacial score (nSPS) is 13.5. The summed E-state index contributed by atoms with van der Waals surface area (Å²) in [5, 5.41) is 0. The summed E-state index contributed by atoms with van der Waals surface area (Å²) in [6.45, 7) is 2.00. The van der Waals surface area contributed by atoms with Crippen LogP contribution >= 0.6 is 0 Å². The Balaban J connectivity index is 2.15. The van der Waals surface area contributed by atoms with Crippen molar-refractivity contribution < 1.29 is 9.18 Å². The molecule has 21 heavy (non-hydrogen) atoms. The van der Waals surface area contributed by atoms with E-state index in [-0.39, 0.29) is 11.7 Å². The van der Waals surface area contributed by atoms with Gasteiger partial charge in [0.15, 0.2) is 0 Å². The number of hydrogen-bond donors (Lipinski definition) is 1.